The van der Waals surface area contributed by atoms with Gasteiger partial charge in [-0.3, -0.25) is 9.59 Å². The summed E-state index contributed by atoms with van der Waals surface area (Å²) in [4.78, 5) is 43.0. The van der Waals surface area contributed by atoms with Gasteiger partial charge >= 0.3 is 6.03 Å². The number of amides is 4. The van der Waals surface area contributed by atoms with Crippen LogP contribution in [0, 0.1) is 11.7 Å². The average molecular weight is 437 g/mol. The number of hydrogen-bond donors (Lipinski definition) is 1. The monoisotopic (exact) mass is 436 g/mol. The lowest BCUT2D eigenvalue weighted by atomic mass is 9.80. The molecule has 162 valence electrons. The summed E-state index contributed by atoms with van der Waals surface area (Å²) >= 11 is 5.89. The smallest absolute Gasteiger partial charge is 0.314 e. The van der Waals surface area contributed by atoms with E-state index in [4.69, 9.17) is 17.3 Å². The van der Waals surface area contributed by atoms with Crippen molar-refractivity contribution in [3.8, 4) is 0 Å². The Bertz CT molecular complexity index is 881. The number of nitrogens with zero attached hydrogens (tertiary/aromatic N) is 3. The Labute approximate surface area is 179 Å². The van der Waals surface area contributed by atoms with E-state index in [-0.39, 0.29) is 49.1 Å². The van der Waals surface area contributed by atoms with Crippen molar-refractivity contribution in [1.82, 2.24) is 14.7 Å². The minimum atomic E-state index is -1.13. The summed E-state index contributed by atoms with van der Waals surface area (Å²) < 4.78 is 13.5. The molecule has 2 heterocycles. The van der Waals surface area contributed by atoms with Crippen LogP contribution in [-0.2, 0) is 16.1 Å². The minimum Gasteiger partial charge on any atom is -0.351 e. The summed E-state index contributed by atoms with van der Waals surface area (Å²) in [5, 5.41) is -0.0392. The van der Waals surface area contributed by atoms with E-state index in [1.54, 1.807) is 11.0 Å². The third-order valence-electron chi connectivity index (χ3n) is 6.75. The van der Waals surface area contributed by atoms with E-state index in [1.165, 1.54) is 21.9 Å². The van der Waals surface area contributed by atoms with Crippen molar-refractivity contribution in [2.45, 2.75) is 50.7 Å². The molecule has 1 aromatic rings. The van der Waals surface area contributed by atoms with Gasteiger partial charge in [-0.15, -0.1) is 0 Å². The molecule has 3 aliphatic rings. The zero-order chi connectivity index (χ0) is 21.6. The number of primary amides is 1. The van der Waals surface area contributed by atoms with Gasteiger partial charge in [-0.05, 0) is 49.3 Å². The number of carbonyl (C=O) groups is 3. The molecule has 3 fully saturated rings. The molecule has 0 bridgehead atoms. The molecular formula is C21H26ClFN4O3. The first-order chi connectivity index (χ1) is 14.2. The van der Waals surface area contributed by atoms with Crippen molar-refractivity contribution < 1.29 is 18.8 Å². The molecule has 0 radical (unpaired) electrons. The Balaban J connectivity index is 1.61. The summed E-state index contributed by atoms with van der Waals surface area (Å²) in [6, 6.07) is 3.68. The first kappa shape index (κ1) is 20.9. The van der Waals surface area contributed by atoms with E-state index in [9.17, 15) is 18.8 Å². The molecule has 0 aromatic heterocycles. The highest BCUT2D eigenvalue weighted by atomic mass is 35.5. The number of rotatable bonds is 3. The van der Waals surface area contributed by atoms with Crippen molar-refractivity contribution in [2.24, 2.45) is 11.7 Å². The van der Waals surface area contributed by atoms with Gasteiger partial charge in [0.15, 0.2) is 5.54 Å². The SMILES string of the molecule is C[C@H]1CC[C@H](N2CC(=O)N(Cc3ccc(F)c(Cl)c3)C3(CN(C(N)=O)C3)C2=O)CC1. The fourth-order valence-corrected chi connectivity index (χ4v) is 5.08. The number of likely N-dealkylation sites (tertiary alicyclic amines) is 1. The van der Waals surface area contributed by atoms with Gasteiger partial charge in [0.1, 0.15) is 12.4 Å². The molecule has 2 saturated heterocycles. The Morgan fingerprint density at radius 1 is 1.23 bits per heavy atom. The Morgan fingerprint density at radius 2 is 1.90 bits per heavy atom. The van der Waals surface area contributed by atoms with Crippen LogP contribution in [0.4, 0.5) is 9.18 Å². The topological polar surface area (TPSA) is 86.9 Å². The van der Waals surface area contributed by atoms with Crippen LogP contribution >= 0.6 is 11.6 Å². The predicted molar refractivity (Wildman–Crippen MR) is 109 cm³/mol. The molecule has 0 unspecified atom stereocenters. The molecule has 1 saturated carbocycles. The number of carbonyl (C=O) groups excluding carboxylic acids is 3. The summed E-state index contributed by atoms with van der Waals surface area (Å²) in [6.07, 6.45) is 3.81. The Hall–Kier alpha value is -2.35. The molecule has 9 heteroatoms. The summed E-state index contributed by atoms with van der Waals surface area (Å²) in [5.74, 6) is -0.234. The highest BCUT2D eigenvalue weighted by molar-refractivity contribution is 6.30. The highest BCUT2D eigenvalue weighted by Crippen LogP contribution is 2.38. The maximum Gasteiger partial charge on any atom is 0.314 e. The van der Waals surface area contributed by atoms with Gasteiger partial charge in [0.25, 0.3) is 5.91 Å². The van der Waals surface area contributed by atoms with Crippen LogP contribution in [0.3, 0.4) is 0 Å². The second-order valence-corrected chi connectivity index (χ2v) is 9.21. The third kappa shape index (κ3) is 3.51. The summed E-state index contributed by atoms with van der Waals surface area (Å²) in [5.41, 5.74) is 4.89. The van der Waals surface area contributed by atoms with Crippen molar-refractivity contribution in [2.75, 3.05) is 19.6 Å². The largest absolute Gasteiger partial charge is 0.351 e. The van der Waals surface area contributed by atoms with E-state index in [0.717, 1.165) is 25.7 Å². The average Bonchev–Trinajstić information content (AvgIpc) is 2.66. The molecule has 4 rings (SSSR count). The van der Waals surface area contributed by atoms with Crippen molar-refractivity contribution in [3.63, 3.8) is 0 Å². The number of piperazine rings is 1. The third-order valence-corrected chi connectivity index (χ3v) is 7.04. The van der Waals surface area contributed by atoms with Crippen LogP contribution in [0.5, 0.6) is 0 Å². The normalized spacial score (nSPS) is 26.2. The van der Waals surface area contributed by atoms with E-state index < -0.39 is 17.4 Å². The van der Waals surface area contributed by atoms with Gasteiger partial charge in [-0.2, -0.15) is 0 Å². The van der Waals surface area contributed by atoms with Crippen molar-refractivity contribution in [3.05, 3.63) is 34.6 Å². The number of benzene rings is 1. The maximum atomic E-state index is 13.6. The van der Waals surface area contributed by atoms with Crippen molar-refractivity contribution in [1.29, 1.82) is 0 Å². The fraction of sp³-hybridized carbons (Fsp3) is 0.571. The zero-order valence-corrected chi connectivity index (χ0v) is 17.7. The second-order valence-electron chi connectivity index (χ2n) is 8.80. The van der Waals surface area contributed by atoms with Crippen LogP contribution in [0.25, 0.3) is 0 Å². The quantitative estimate of drug-likeness (QED) is 0.789. The molecule has 4 amide bonds. The fourth-order valence-electron chi connectivity index (χ4n) is 4.88. The van der Waals surface area contributed by atoms with Crippen LogP contribution in [0.15, 0.2) is 18.2 Å². The molecular weight excluding hydrogens is 411 g/mol. The molecule has 1 aromatic carbocycles. The number of hydrogen-bond acceptors (Lipinski definition) is 3. The van der Waals surface area contributed by atoms with E-state index in [2.05, 4.69) is 6.92 Å². The van der Waals surface area contributed by atoms with Gasteiger partial charge < -0.3 is 20.4 Å². The lowest BCUT2D eigenvalue weighted by Crippen LogP contribution is -2.82. The zero-order valence-electron chi connectivity index (χ0n) is 16.9. The van der Waals surface area contributed by atoms with Gasteiger partial charge in [0.2, 0.25) is 5.91 Å². The van der Waals surface area contributed by atoms with E-state index in [1.807, 2.05) is 0 Å². The molecule has 1 aliphatic carbocycles. The number of halogens is 2. The maximum absolute atomic E-state index is 13.6. The Morgan fingerprint density at radius 3 is 2.50 bits per heavy atom. The number of nitrogens with two attached hydrogens (primary N) is 1. The molecule has 2 N–H and O–H groups in total. The second kappa shape index (κ2) is 7.72. The molecule has 0 atom stereocenters. The lowest BCUT2D eigenvalue weighted by Gasteiger charge is -2.58. The first-order valence-electron chi connectivity index (χ1n) is 10.3. The minimum absolute atomic E-state index is 0.0190. The van der Waals surface area contributed by atoms with Gasteiger partial charge in [0.05, 0.1) is 18.1 Å². The molecule has 30 heavy (non-hydrogen) atoms. The first-order valence-corrected chi connectivity index (χ1v) is 10.7. The molecule has 1 spiro atoms. The van der Waals surface area contributed by atoms with Crippen LogP contribution in [0.2, 0.25) is 5.02 Å². The van der Waals surface area contributed by atoms with Crippen LogP contribution in [-0.4, -0.2) is 63.8 Å². The van der Waals surface area contributed by atoms with Crippen molar-refractivity contribution >= 4 is 29.4 Å². The van der Waals surface area contributed by atoms with Gasteiger partial charge in [0, 0.05) is 12.6 Å². The van der Waals surface area contributed by atoms with Crippen LogP contribution < -0.4 is 5.73 Å². The Kier molecular flexibility index (Phi) is 5.38. The van der Waals surface area contributed by atoms with Gasteiger partial charge in [-0.1, -0.05) is 24.6 Å². The van der Waals surface area contributed by atoms with E-state index >= 15 is 0 Å². The lowest BCUT2D eigenvalue weighted by molar-refractivity contribution is -0.179. The standard InChI is InChI=1S/C21H26ClFN4O3/c1-13-2-5-15(6-3-13)26-10-18(28)27(9-14-4-7-17(23)16(22)8-14)21(19(26)29)11-25(12-21)20(24)30/h4,7-8,13,15H,2-3,5-6,9-12H2,1H3,(H2,24,30)/t13-,15-. The predicted octanol–water partition coefficient (Wildman–Crippen LogP) is 2.36. The van der Waals surface area contributed by atoms with Gasteiger partial charge in [-0.25, -0.2) is 9.18 Å². The molecule has 7 nitrogen and oxygen atoms in total. The van der Waals surface area contributed by atoms with Crippen LogP contribution in [0.1, 0.15) is 38.2 Å². The van der Waals surface area contributed by atoms with E-state index in [0.29, 0.717) is 11.5 Å². The highest BCUT2D eigenvalue weighted by Gasteiger charge is 2.61. The number of urea groups is 1. The summed E-state index contributed by atoms with van der Waals surface area (Å²) in [6.45, 7) is 2.48. The molecule has 2 aliphatic heterocycles. The summed E-state index contributed by atoms with van der Waals surface area (Å²) in [7, 11) is 0.